The number of nitrogens with one attached hydrogen (secondary N) is 1. The van der Waals surface area contributed by atoms with Crippen LogP contribution in [0.4, 0.5) is 8.78 Å². The molecule has 1 N–H and O–H groups in total. The van der Waals surface area contributed by atoms with E-state index in [4.69, 9.17) is 16.1 Å². The van der Waals surface area contributed by atoms with Gasteiger partial charge in [-0.2, -0.15) is 4.98 Å². The predicted octanol–water partition coefficient (Wildman–Crippen LogP) is 3.48. The molecule has 2 aromatic rings. The molecular formula is C13H12ClF2N3O. The highest BCUT2D eigenvalue weighted by Gasteiger charge is 2.22. The first-order chi connectivity index (χ1) is 9.65. The van der Waals surface area contributed by atoms with Crippen molar-refractivity contribution >= 4 is 11.6 Å². The van der Waals surface area contributed by atoms with E-state index in [0.29, 0.717) is 5.82 Å². The molecule has 1 unspecified atom stereocenters. The number of rotatable bonds is 2. The topological polar surface area (TPSA) is 51.0 Å². The fourth-order valence-electron chi connectivity index (χ4n) is 2.24. The van der Waals surface area contributed by atoms with Gasteiger partial charge in [0.25, 0.3) is 5.89 Å². The molecule has 20 heavy (non-hydrogen) atoms. The lowest BCUT2D eigenvalue weighted by Gasteiger charge is -2.19. The number of aromatic nitrogens is 2. The molecule has 7 heteroatoms. The molecule has 0 bridgehead atoms. The van der Waals surface area contributed by atoms with Crippen LogP contribution in [-0.4, -0.2) is 16.7 Å². The van der Waals surface area contributed by atoms with Crippen LogP contribution < -0.4 is 5.32 Å². The Balaban J connectivity index is 1.91. The van der Waals surface area contributed by atoms with E-state index in [2.05, 4.69) is 15.5 Å². The summed E-state index contributed by atoms with van der Waals surface area (Å²) in [7, 11) is 0. The van der Waals surface area contributed by atoms with E-state index >= 15 is 0 Å². The number of benzene rings is 1. The Morgan fingerprint density at radius 1 is 1.25 bits per heavy atom. The van der Waals surface area contributed by atoms with Gasteiger partial charge < -0.3 is 9.84 Å². The van der Waals surface area contributed by atoms with Gasteiger partial charge in [0, 0.05) is 0 Å². The van der Waals surface area contributed by atoms with Crippen LogP contribution in [-0.2, 0) is 0 Å². The van der Waals surface area contributed by atoms with Crippen LogP contribution in [0.1, 0.15) is 31.1 Å². The van der Waals surface area contributed by atoms with Crippen molar-refractivity contribution < 1.29 is 13.3 Å². The maximum Gasteiger partial charge on any atom is 0.261 e. The smallest absolute Gasteiger partial charge is 0.261 e. The fourth-order valence-corrected chi connectivity index (χ4v) is 2.39. The average molecular weight is 300 g/mol. The molecule has 1 fully saturated rings. The van der Waals surface area contributed by atoms with E-state index in [9.17, 15) is 8.78 Å². The summed E-state index contributed by atoms with van der Waals surface area (Å²) in [5.41, 5.74) is -0.0820. The van der Waals surface area contributed by atoms with Crippen molar-refractivity contribution in [3.8, 4) is 11.5 Å². The molecule has 1 saturated heterocycles. The quantitative estimate of drug-likeness (QED) is 0.863. The lowest BCUT2D eigenvalue weighted by atomic mass is 10.0. The average Bonchev–Trinajstić information content (AvgIpc) is 2.93. The monoisotopic (exact) mass is 299 g/mol. The van der Waals surface area contributed by atoms with Gasteiger partial charge in [-0.15, -0.1) is 0 Å². The molecule has 1 aromatic heterocycles. The Labute approximate surface area is 119 Å². The van der Waals surface area contributed by atoms with E-state index in [0.717, 1.165) is 37.9 Å². The first kappa shape index (κ1) is 13.5. The Morgan fingerprint density at radius 2 is 2.10 bits per heavy atom. The minimum Gasteiger partial charge on any atom is -0.334 e. The highest BCUT2D eigenvalue weighted by Crippen LogP contribution is 2.28. The summed E-state index contributed by atoms with van der Waals surface area (Å²) in [4.78, 5) is 4.15. The highest BCUT2D eigenvalue weighted by molar-refractivity contribution is 6.30. The van der Waals surface area contributed by atoms with Crippen molar-refractivity contribution in [3.05, 3.63) is 34.6 Å². The summed E-state index contributed by atoms with van der Waals surface area (Å²) < 4.78 is 32.2. The third-order valence-electron chi connectivity index (χ3n) is 3.30. The summed E-state index contributed by atoms with van der Waals surface area (Å²) in [6.07, 6.45) is 3.08. The second-order valence-corrected chi connectivity index (χ2v) is 5.11. The van der Waals surface area contributed by atoms with E-state index < -0.39 is 11.6 Å². The number of hydrogen-bond acceptors (Lipinski definition) is 4. The molecule has 0 spiro atoms. The molecule has 1 atom stereocenters. The van der Waals surface area contributed by atoms with Crippen LogP contribution in [0.3, 0.4) is 0 Å². The van der Waals surface area contributed by atoms with Crippen LogP contribution in [0.25, 0.3) is 11.5 Å². The zero-order valence-corrected chi connectivity index (χ0v) is 11.3. The molecule has 4 nitrogen and oxygen atoms in total. The zero-order valence-electron chi connectivity index (χ0n) is 10.5. The second kappa shape index (κ2) is 5.46. The van der Waals surface area contributed by atoms with E-state index in [1.54, 1.807) is 0 Å². The molecule has 2 heterocycles. The first-order valence-corrected chi connectivity index (χ1v) is 6.75. The number of piperidine rings is 1. The largest absolute Gasteiger partial charge is 0.334 e. The molecule has 0 saturated carbocycles. The van der Waals surface area contributed by atoms with Crippen molar-refractivity contribution in [1.82, 2.24) is 15.5 Å². The van der Waals surface area contributed by atoms with Gasteiger partial charge in [0.15, 0.2) is 5.82 Å². The number of halogens is 3. The Hall–Kier alpha value is -1.53. The van der Waals surface area contributed by atoms with Gasteiger partial charge in [-0.1, -0.05) is 23.2 Å². The van der Waals surface area contributed by atoms with Crippen molar-refractivity contribution in [3.63, 3.8) is 0 Å². The zero-order chi connectivity index (χ0) is 14.1. The van der Waals surface area contributed by atoms with Gasteiger partial charge in [-0.05, 0) is 31.5 Å². The van der Waals surface area contributed by atoms with E-state index in [-0.39, 0.29) is 22.5 Å². The maximum atomic E-state index is 13.8. The highest BCUT2D eigenvalue weighted by atomic mass is 35.5. The van der Waals surface area contributed by atoms with Gasteiger partial charge in [0.05, 0.1) is 16.6 Å². The van der Waals surface area contributed by atoms with Crippen LogP contribution >= 0.6 is 11.6 Å². The lowest BCUT2D eigenvalue weighted by Crippen LogP contribution is -2.27. The molecule has 1 aliphatic rings. The van der Waals surface area contributed by atoms with Crippen LogP contribution in [0.2, 0.25) is 5.02 Å². The molecule has 106 valence electrons. The van der Waals surface area contributed by atoms with Gasteiger partial charge in [-0.25, -0.2) is 8.78 Å². The normalized spacial score (nSPS) is 19.2. The number of hydrogen-bond donors (Lipinski definition) is 1. The fraction of sp³-hybridized carbons (Fsp3) is 0.385. The van der Waals surface area contributed by atoms with Crippen molar-refractivity contribution in [2.45, 2.75) is 25.3 Å². The standard InChI is InChI=1S/C13H12ClF2N3O/c14-8-6-9(15)7(5-10(8)16)13-18-12(19-20-13)11-3-1-2-4-17-11/h5-6,11,17H,1-4H2. The Morgan fingerprint density at radius 3 is 2.85 bits per heavy atom. The predicted molar refractivity (Wildman–Crippen MR) is 69.3 cm³/mol. The SMILES string of the molecule is Fc1cc(-c2nc(C3CCCCN3)no2)c(F)cc1Cl. The van der Waals surface area contributed by atoms with Crippen LogP contribution in [0.5, 0.6) is 0 Å². The maximum absolute atomic E-state index is 13.8. The summed E-state index contributed by atoms with van der Waals surface area (Å²) in [6.45, 7) is 0.887. The first-order valence-electron chi connectivity index (χ1n) is 6.37. The molecule has 1 aliphatic heterocycles. The minimum atomic E-state index is -0.724. The summed E-state index contributed by atoms with van der Waals surface area (Å²) in [5.74, 6) is -0.989. The van der Waals surface area contributed by atoms with Crippen LogP contribution in [0.15, 0.2) is 16.7 Å². The van der Waals surface area contributed by atoms with E-state index in [1.165, 1.54) is 0 Å². The summed E-state index contributed by atoms with van der Waals surface area (Å²) in [6, 6.07) is 1.86. The second-order valence-electron chi connectivity index (χ2n) is 4.71. The molecule has 0 aliphatic carbocycles. The van der Waals surface area contributed by atoms with Crippen molar-refractivity contribution in [1.29, 1.82) is 0 Å². The van der Waals surface area contributed by atoms with Gasteiger partial charge >= 0.3 is 0 Å². The minimum absolute atomic E-state index is 0.00135. The molecule has 0 amide bonds. The van der Waals surface area contributed by atoms with Crippen molar-refractivity contribution in [2.75, 3.05) is 6.54 Å². The Kier molecular flexibility index (Phi) is 3.67. The van der Waals surface area contributed by atoms with Crippen LogP contribution in [0, 0.1) is 11.6 Å². The molecular weight excluding hydrogens is 288 g/mol. The van der Waals surface area contributed by atoms with Gasteiger partial charge in [0.1, 0.15) is 11.6 Å². The van der Waals surface area contributed by atoms with E-state index in [1.807, 2.05) is 0 Å². The van der Waals surface area contributed by atoms with Crippen molar-refractivity contribution in [2.24, 2.45) is 0 Å². The third kappa shape index (κ3) is 2.53. The summed E-state index contributed by atoms with van der Waals surface area (Å²) >= 11 is 5.51. The third-order valence-corrected chi connectivity index (χ3v) is 3.59. The molecule has 3 rings (SSSR count). The molecule has 0 radical (unpaired) electrons. The summed E-state index contributed by atoms with van der Waals surface area (Å²) in [5, 5.41) is 6.82. The van der Waals surface area contributed by atoms with Gasteiger partial charge in [-0.3, -0.25) is 0 Å². The lowest BCUT2D eigenvalue weighted by molar-refractivity contribution is 0.366. The molecule has 1 aromatic carbocycles. The number of nitrogens with zero attached hydrogens (tertiary/aromatic N) is 2. The van der Waals surface area contributed by atoms with Gasteiger partial charge in [0.2, 0.25) is 0 Å². The Bertz CT molecular complexity index is 626.